The van der Waals surface area contributed by atoms with Gasteiger partial charge in [0.05, 0.1) is 0 Å². The molecule has 0 bridgehead atoms. The molecular formula is C23H24Cl2Ti. The van der Waals surface area contributed by atoms with Gasteiger partial charge in [0.15, 0.2) is 0 Å². The van der Waals surface area contributed by atoms with Crippen LogP contribution in [0.15, 0.2) is 52.4 Å². The molecule has 26 heavy (non-hydrogen) atoms. The van der Waals surface area contributed by atoms with Gasteiger partial charge in [-0.25, -0.2) is 0 Å². The largest absolute Gasteiger partial charge is 1.00 e. The fraction of sp³-hybridized carbons (Fsp3) is 0.261. The normalized spacial score (nSPS) is 13.0. The van der Waals surface area contributed by atoms with Crippen LogP contribution in [0, 0.1) is 13.8 Å². The van der Waals surface area contributed by atoms with Crippen LogP contribution in [0.5, 0.6) is 0 Å². The summed E-state index contributed by atoms with van der Waals surface area (Å²) in [7, 11) is 0. The Morgan fingerprint density at radius 2 is 1.65 bits per heavy atom. The molecule has 0 spiro atoms. The average Bonchev–Trinajstić information content (AvgIpc) is 3.15. The van der Waals surface area contributed by atoms with Crippen LogP contribution in [-0.4, -0.2) is 3.81 Å². The summed E-state index contributed by atoms with van der Waals surface area (Å²) in [5.74, 6) is 0. The summed E-state index contributed by atoms with van der Waals surface area (Å²) in [6, 6.07) is 11.9. The Labute approximate surface area is 175 Å². The Hall–Kier alpha value is -0.916. The SMILES string of the molecule is C[C](C)=[Ti+2]([C]1=CC=CC1)[c]1cc(C)cc2c1Cc1ccc(C)cc1-2.[Cl-].[Cl-]. The fourth-order valence-electron chi connectivity index (χ4n) is 4.15. The first-order valence-corrected chi connectivity index (χ1v) is 11.2. The zero-order valence-electron chi connectivity index (χ0n) is 15.8. The molecule has 2 aliphatic carbocycles. The van der Waals surface area contributed by atoms with Gasteiger partial charge in [-0.05, 0) is 0 Å². The Morgan fingerprint density at radius 1 is 0.923 bits per heavy atom. The van der Waals surface area contributed by atoms with Crippen molar-refractivity contribution in [3.05, 3.63) is 74.7 Å². The Balaban J connectivity index is 0.00000121. The van der Waals surface area contributed by atoms with Crippen molar-refractivity contribution in [2.75, 3.05) is 0 Å². The summed E-state index contributed by atoms with van der Waals surface area (Å²) in [4.78, 5) is 0. The Kier molecular flexibility index (Phi) is 6.91. The molecule has 0 radical (unpaired) electrons. The number of aryl methyl sites for hydroxylation is 2. The molecule has 2 aromatic rings. The molecule has 0 aliphatic heterocycles. The van der Waals surface area contributed by atoms with Crippen molar-refractivity contribution in [3.8, 4) is 11.1 Å². The molecule has 0 unspecified atom stereocenters. The van der Waals surface area contributed by atoms with Gasteiger partial charge in [-0.15, -0.1) is 0 Å². The predicted octanol–water partition coefficient (Wildman–Crippen LogP) is -0.818. The minimum absolute atomic E-state index is 0. The molecular weight excluding hydrogens is 395 g/mol. The van der Waals surface area contributed by atoms with E-state index in [9.17, 15) is 0 Å². The molecule has 0 N–H and O–H groups in total. The molecule has 0 amide bonds. The first-order chi connectivity index (χ1) is 11.5. The summed E-state index contributed by atoms with van der Waals surface area (Å²) >= 11 is -1.55. The van der Waals surface area contributed by atoms with Gasteiger partial charge in [0, 0.05) is 0 Å². The van der Waals surface area contributed by atoms with Crippen LogP contribution in [-0.2, 0) is 23.8 Å². The Morgan fingerprint density at radius 3 is 2.31 bits per heavy atom. The number of halogens is 2. The maximum Gasteiger partial charge on any atom is -1.00 e. The van der Waals surface area contributed by atoms with Crippen molar-refractivity contribution in [3.63, 3.8) is 0 Å². The number of hydrogen-bond donors (Lipinski definition) is 0. The van der Waals surface area contributed by atoms with Gasteiger partial charge in [-0.1, -0.05) is 0 Å². The molecule has 3 heteroatoms. The Bertz CT molecular complexity index is 945. The van der Waals surface area contributed by atoms with Crippen molar-refractivity contribution in [1.29, 1.82) is 0 Å². The predicted molar refractivity (Wildman–Crippen MR) is 102 cm³/mol. The van der Waals surface area contributed by atoms with Gasteiger partial charge >= 0.3 is 151 Å². The van der Waals surface area contributed by atoms with Crippen molar-refractivity contribution in [1.82, 2.24) is 0 Å². The second-order valence-corrected chi connectivity index (χ2v) is 12.0. The van der Waals surface area contributed by atoms with E-state index in [-0.39, 0.29) is 24.8 Å². The van der Waals surface area contributed by atoms with Gasteiger partial charge in [0.2, 0.25) is 0 Å². The van der Waals surface area contributed by atoms with Gasteiger partial charge in [0.25, 0.3) is 0 Å². The standard InChI is InChI=1S/C15H13.C5H5.C3H6.2ClH.Ti/c1-10-3-5-12-9-13-6-4-11(2)8-15(13)14(12)7-10;1-2-4-5-3-1;1-3-2;;;/h3-5,7-8H,9H2,1-2H3;1-3H,4H2;1-2H3;2*1H;/q;;;;;+2/p-2. The van der Waals surface area contributed by atoms with E-state index >= 15 is 0 Å². The smallest absolute Gasteiger partial charge is 1.00 e. The molecule has 0 fully saturated rings. The number of allylic oxidation sites excluding steroid dienone is 4. The van der Waals surface area contributed by atoms with Crippen LogP contribution < -0.4 is 28.7 Å². The van der Waals surface area contributed by atoms with Crippen LogP contribution in [0.4, 0.5) is 0 Å². The van der Waals surface area contributed by atoms with Crippen molar-refractivity contribution in [2.24, 2.45) is 0 Å². The minimum atomic E-state index is -1.55. The molecule has 0 aromatic heterocycles. The van der Waals surface area contributed by atoms with E-state index in [2.05, 4.69) is 76.3 Å². The maximum atomic E-state index is 2.50. The summed E-state index contributed by atoms with van der Waals surface area (Å²) in [6.07, 6.45) is 9.24. The van der Waals surface area contributed by atoms with Crippen LogP contribution in [0.3, 0.4) is 0 Å². The second-order valence-electron chi connectivity index (χ2n) is 7.38. The summed E-state index contributed by atoms with van der Waals surface area (Å²) in [5.41, 5.74) is 8.87. The quantitative estimate of drug-likeness (QED) is 0.477. The number of rotatable bonds is 2. The zero-order chi connectivity index (χ0) is 16.8. The third kappa shape index (κ3) is 3.71. The van der Waals surface area contributed by atoms with Gasteiger partial charge < -0.3 is 24.8 Å². The molecule has 0 saturated carbocycles. The van der Waals surface area contributed by atoms with Crippen molar-refractivity contribution >= 4 is 7.68 Å². The molecule has 2 aliphatic rings. The number of benzene rings is 2. The molecule has 0 saturated heterocycles. The van der Waals surface area contributed by atoms with E-state index in [0.29, 0.717) is 0 Å². The summed E-state index contributed by atoms with van der Waals surface area (Å²) in [5, 5.41) is 0. The first-order valence-electron chi connectivity index (χ1n) is 8.82. The number of fused-ring (bicyclic) bond motifs is 3. The monoisotopic (exact) mass is 418 g/mol. The van der Waals surface area contributed by atoms with E-state index in [4.69, 9.17) is 0 Å². The first kappa shape index (κ1) is 21.4. The molecule has 0 atom stereocenters. The maximum absolute atomic E-state index is 2.50. The summed E-state index contributed by atoms with van der Waals surface area (Å²) < 4.78 is 5.05. The van der Waals surface area contributed by atoms with Crippen LogP contribution in [0.1, 0.15) is 42.5 Å². The third-order valence-electron chi connectivity index (χ3n) is 5.18. The molecule has 134 valence electrons. The number of hydrogen-bond acceptors (Lipinski definition) is 0. The molecule has 2 aromatic carbocycles. The van der Waals surface area contributed by atoms with E-state index in [1.54, 1.807) is 17.1 Å². The van der Waals surface area contributed by atoms with Crippen LogP contribution >= 0.6 is 0 Å². The van der Waals surface area contributed by atoms with E-state index in [1.165, 1.54) is 27.8 Å². The molecule has 0 nitrogen and oxygen atoms in total. The van der Waals surface area contributed by atoms with Gasteiger partial charge in [-0.3, -0.25) is 0 Å². The third-order valence-corrected chi connectivity index (χ3v) is 9.86. The average molecular weight is 419 g/mol. The molecule has 4 rings (SSSR count). The fourth-order valence-corrected chi connectivity index (χ4v) is 8.85. The summed E-state index contributed by atoms with van der Waals surface area (Å²) in [6.45, 7) is 9.18. The molecule has 0 heterocycles. The van der Waals surface area contributed by atoms with Gasteiger partial charge in [-0.2, -0.15) is 0 Å². The zero-order valence-corrected chi connectivity index (χ0v) is 18.9. The van der Waals surface area contributed by atoms with Crippen molar-refractivity contribution in [2.45, 2.75) is 40.5 Å². The van der Waals surface area contributed by atoms with Gasteiger partial charge in [0.1, 0.15) is 0 Å². The van der Waals surface area contributed by atoms with E-state index in [1.807, 2.05) is 0 Å². The van der Waals surface area contributed by atoms with E-state index in [0.717, 1.165) is 12.8 Å². The second kappa shape index (κ2) is 8.40. The topological polar surface area (TPSA) is 0 Å². The van der Waals surface area contributed by atoms with E-state index < -0.39 is 17.4 Å². The van der Waals surface area contributed by atoms with Crippen molar-refractivity contribution < 1.29 is 42.2 Å². The van der Waals surface area contributed by atoms with Crippen LogP contribution in [0.2, 0.25) is 0 Å². The van der Waals surface area contributed by atoms with Crippen LogP contribution in [0.25, 0.3) is 11.1 Å². The minimum Gasteiger partial charge on any atom is -1.00 e.